The molecule has 0 spiro atoms. The summed E-state index contributed by atoms with van der Waals surface area (Å²) in [5, 5.41) is 3.03. The maximum atomic E-state index is 12.3. The molecule has 1 heterocycles. The highest BCUT2D eigenvalue weighted by Crippen LogP contribution is 2.42. The number of aryl methyl sites for hydroxylation is 2. The predicted molar refractivity (Wildman–Crippen MR) is 90.0 cm³/mol. The van der Waals surface area contributed by atoms with Crippen LogP contribution in [-0.4, -0.2) is 5.91 Å². The fourth-order valence-corrected chi connectivity index (χ4v) is 3.04. The second-order valence-corrected chi connectivity index (χ2v) is 6.74. The third-order valence-electron chi connectivity index (χ3n) is 4.56. The molecule has 0 aliphatic carbocycles. The van der Waals surface area contributed by atoms with Crippen molar-refractivity contribution in [3.05, 3.63) is 64.2 Å². The van der Waals surface area contributed by atoms with Crippen molar-refractivity contribution < 1.29 is 4.79 Å². The van der Waals surface area contributed by atoms with Gasteiger partial charge in [0.15, 0.2) is 0 Å². The van der Waals surface area contributed by atoms with Crippen LogP contribution in [0.25, 0.3) is 0 Å². The summed E-state index contributed by atoms with van der Waals surface area (Å²) in [7, 11) is 0. The Morgan fingerprint density at radius 2 is 1.68 bits per heavy atom. The van der Waals surface area contributed by atoms with Crippen molar-refractivity contribution in [2.75, 3.05) is 5.32 Å². The molecule has 22 heavy (non-hydrogen) atoms. The Hall–Kier alpha value is -2.13. The first-order valence-corrected chi connectivity index (χ1v) is 7.59. The summed E-state index contributed by atoms with van der Waals surface area (Å²) >= 11 is 0. The summed E-state index contributed by atoms with van der Waals surface area (Å²) in [5.41, 5.74) is 12.3. The van der Waals surface area contributed by atoms with Crippen molar-refractivity contribution in [2.24, 2.45) is 5.73 Å². The number of anilines is 1. The highest BCUT2D eigenvalue weighted by Gasteiger charge is 2.40. The van der Waals surface area contributed by atoms with E-state index in [0.29, 0.717) is 0 Å². The topological polar surface area (TPSA) is 55.1 Å². The molecule has 1 amide bonds. The zero-order valence-corrected chi connectivity index (χ0v) is 13.5. The van der Waals surface area contributed by atoms with E-state index in [1.165, 1.54) is 5.56 Å². The molecular weight excluding hydrogens is 272 g/mol. The first-order chi connectivity index (χ1) is 10.3. The van der Waals surface area contributed by atoms with E-state index in [1.54, 1.807) is 0 Å². The first-order valence-electron chi connectivity index (χ1n) is 7.59. The van der Waals surface area contributed by atoms with Crippen LogP contribution in [0.3, 0.4) is 0 Å². The minimum Gasteiger partial charge on any atom is -0.325 e. The van der Waals surface area contributed by atoms with Crippen molar-refractivity contribution in [1.82, 2.24) is 0 Å². The lowest BCUT2D eigenvalue weighted by molar-refractivity contribution is -0.119. The molecular formula is C19H22N2O. The molecule has 1 atom stereocenters. The molecule has 2 aromatic carbocycles. The van der Waals surface area contributed by atoms with Crippen LogP contribution in [0.5, 0.6) is 0 Å². The monoisotopic (exact) mass is 294 g/mol. The lowest BCUT2D eigenvalue weighted by Gasteiger charge is -2.20. The van der Waals surface area contributed by atoms with Gasteiger partial charge in [-0.3, -0.25) is 4.79 Å². The van der Waals surface area contributed by atoms with E-state index in [0.717, 1.165) is 27.9 Å². The molecule has 2 aromatic rings. The van der Waals surface area contributed by atoms with Crippen LogP contribution in [0, 0.1) is 13.8 Å². The van der Waals surface area contributed by atoms with E-state index in [9.17, 15) is 4.79 Å². The number of hydrogen-bond acceptors (Lipinski definition) is 2. The summed E-state index contributed by atoms with van der Waals surface area (Å²) in [6, 6.07) is 12.1. The minimum atomic E-state index is -0.511. The molecule has 0 bridgehead atoms. The molecule has 3 heteroatoms. The molecule has 0 saturated carbocycles. The van der Waals surface area contributed by atoms with Gasteiger partial charge in [0.1, 0.15) is 0 Å². The van der Waals surface area contributed by atoms with Crippen LogP contribution < -0.4 is 11.1 Å². The van der Waals surface area contributed by atoms with Gasteiger partial charge in [-0.15, -0.1) is 0 Å². The third-order valence-corrected chi connectivity index (χ3v) is 4.56. The molecule has 0 aromatic heterocycles. The number of amides is 1. The predicted octanol–water partition coefficient (Wildman–Crippen LogP) is 3.58. The van der Waals surface area contributed by atoms with Gasteiger partial charge in [-0.2, -0.15) is 0 Å². The summed E-state index contributed by atoms with van der Waals surface area (Å²) in [6.07, 6.45) is 0. The van der Waals surface area contributed by atoms with Gasteiger partial charge in [-0.05, 0) is 44.4 Å². The SMILES string of the molecule is Cc1ccc(C(N)c2cc(C)cc3c2NC(=O)C3(C)C)cc1. The summed E-state index contributed by atoms with van der Waals surface area (Å²) in [5.74, 6) is 0.0328. The highest BCUT2D eigenvalue weighted by molar-refractivity contribution is 6.06. The van der Waals surface area contributed by atoms with E-state index in [2.05, 4.69) is 48.6 Å². The first kappa shape index (κ1) is 14.8. The van der Waals surface area contributed by atoms with Crippen molar-refractivity contribution in [2.45, 2.75) is 39.2 Å². The second kappa shape index (κ2) is 4.96. The number of nitrogens with one attached hydrogen (secondary N) is 1. The lowest BCUT2D eigenvalue weighted by Crippen LogP contribution is -2.26. The summed E-state index contributed by atoms with van der Waals surface area (Å²) in [6.45, 7) is 8.01. The largest absolute Gasteiger partial charge is 0.325 e. The van der Waals surface area contributed by atoms with Gasteiger partial charge in [-0.1, -0.05) is 47.5 Å². The molecule has 3 N–H and O–H groups in total. The van der Waals surface area contributed by atoms with Gasteiger partial charge in [0.25, 0.3) is 0 Å². The second-order valence-electron chi connectivity index (χ2n) is 6.74. The van der Waals surface area contributed by atoms with Gasteiger partial charge < -0.3 is 11.1 Å². The standard InChI is InChI=1S/C19H22N2O/c1-11-5-7-13(8-6-11)16(20)14-9-12(2)10-15-17(14)21-18(22)19(15,3)4/h5-10,16H,20H2,1-4H3,(H,21,22). The van der Waals surface area contributed by atoms with Gasteiger partial charge in [-0.25, -0.2) is 0 Å². The number of rotatable bonds is 2. The number of hydrogen-bond donors (Lipinski definition) is 2. The van der Waals surface area contributed by atoms with Gasteiger partial charge >= 0.3 is 0 Å². The highest BCUT2D eigenvalue weighted by atomic mass is 16.2. The maximum Gasteiger partial charge on any atom is 0.234 e. The quantitative estimate of drug-likeness (QED) is 0.889. The summed E-state index contributed by atoms with van der Waals surface area (Å²) in [4.78, 5) is 12.3. The van der Waals surface area contributed by atoms with Crippen molar-refractivity contribution in [1.29, 1.82) is 0 Å². The number of carbonyl (C=O) groups is 1. The van der Waals surface area contributed by atoms with Gasteiger partial charge in [0.05, 0.1) is 17.1 Å². The number of benzene rings is 2. The van der Waals surface area contributed by atoms with Crippen molar-refractivity contribution >= 4 is 11.6 Å². The Morgan fingerprint density at radius 3 is 2.32 bits per heavy atom. The van der Waals surface area contributed by atoms with E-state index < -0.39 is 5.41 Å². The average molecular weight is 294 g/mol. The smallest absolute Gasteiger partial charge is 0.234 e. The molecule has 0 saturated heterocycles. The molecule has 114 valence electrons. The third kappa shape index (κ3) is 2.22. The molecule has 3 nitrogen and oxygen atoms in total. The molecule has 0 fully saturated rings. The Labute approximate surface area is 131 Å². The van der Waals surface area contributed by atoms with Crippen LogP contribution in [0.15, 0.2) is 36.4 Å². The normalized spacial score (nSPS) is 17.0. The Morgan fingerprint density at radius 1 is 1.05 bits per heavy atom. The fraction of sp³-hybridized carbons (Fsp3) is 0.316. The molecule has 3 rings (SSSR count). The fourth-order valence-electron chi connectivity index (χ4n) is 3.04. The maximum absolute atomic E-state index is 12.3. The average Bonchev–Trinajstić information content (AvgIpc) is 2.69. The number of carbonyl (C=O) groups excluding carboxylic acids is 1. The van der Waals surface area contributed by atoms with E-state index in [-0.39, 0.29) is 11.9 Å². The van der Waals surface area contributed by atoms with Crippen molar-refractivity contribution in [3.63, 3.8) is 0 Å². The lowest BCUT2D eigenvalue weighted by atomic mass is 9.83. The van der Waals surface area contributed by atoms with Gasteiger partial charge in [0.2, 0.25) is 5.91 Å². The van der Waals surface area contributed by atoms with Crippen LogP contribution in [0.4, 0.5) is 5.69 Å². The molecule has 1 aliphatic heterocycles. The van der Waals surface area contributed by atoms with E-state index >= 15 is 0 Å². The Bertz CT molecular complexity index is 745. The van der Waals surface area contributed by atoms with Crippen molar-refractivity contribution in [3.8, 4) is 0 Å². The molecule has 1 unspecified atom stereocenters. The zero-order valence-electron chi connectivity index (χ0n) is 13.5. The number of nitrogens with two attached hydrogens (primary N) is 1. The van der Waals surface area contributed by atoms with Gasteiger partial charge in [0, 0.05) is 0 Å². The molecule has 1 aliphatic rings. The summed E-state index contributed by atoms with van der Waals surface area (Å²) < 4.78 is 0. The Balaban J connectivity index is 2.13. The number of fused-ring (bicyclic) bond motifs is 1. The molecule has 0 radical (unpaired) electrons. The van der Waals surface area contributed by atoms with E-state index in [1.807, 2.05) is 20.8 Å². The van der Waals surface area contributed by atoms with Crippen LogP contribution >= 0.6 is 0 Å². The van der Waals surface area contributed by atoms with Crippen LogP contribution in [0.1, 0.15) is 47.7 Å². The van der Waals surface area contributed by atoms with Crippen LogP contribution in [-0.2, 0) is 10.2 Å². The Kier molecular flexibility index (Phi) is 3.33. The van der Waals surface area contributed by atoms with Crippen LogP contribution in [0.2, 0.25) is 0 Å². The zero-order chi connectivity index (χ0) is 16.1. The van der Waals surface area contributed by atoms with E-state index in [4.69, 9.17) is 5.73 Å². The minimum absolute atomic E-state index is 0.0328.